The standard InChI is InChI=1S/C15H27N3O5/c1-3-17(10-14(19)20)12-6-11(7-12)16-15(21)18-8-13(9-18)23-5-4-22-2/h11-13H,3-10H2,1-2H3,(H,16,21)(H,19,20). The molecule has 1 saturated carbocycles. The van der Waals surface area contributed by atoms with Gasteiger partial charge in [-0.05, 0) is 19.4 Å². The maximum atomic E-state index is 12.1. The van der Waals surface area contributed by atoms with Crippen LogP contribution in [0.5, 0.6) is 0 Å². The third-order valence-corrected chi connectivity index (χ3v) is 4.48. The molecule has 2 fully saturated rings. The SMILES string of the molecule is CCN(CC(=O)O)C1CC(NC(=O)N2CC(OCCOC)C2)C1. The van der Waals surface area contributed by atoms with Gasteiger partial charge in [-0.3, -0.25) is 9.69 Å². The van der Waals surface area contributed by atoms with Crippen LogP contribution in [0.2, 0.25) is 0 Å². The first kappa shape index (κ1) is 18.0. The van der Waals surface area contributed by atoms with Crippen molar-refractivity contribution in [2.24, 2.45) is 0 Å². The Morgan fingerprint density at radius 1 is 1.30 bits per heavy atom. The van der Waals surface area contributed by atoms with E-state index in [4.69, 9.17) is 14.6 Å². The second-order valence-electron chi connectivity index (χ2n) is 6.12. The van der Waals surface area contributed by atoms with Gasteiger partial charge in [-0.25, -0.2) is 4.79 Å². The third-order valence-electron chi connectivity index (χ3n) is 4.48. The smallest absolute Gasteiger partial charge is 0.317 e. The largest absolute Gasteiger partial charge is 0.480 e. The molecule has 1 aliphatic heterocycles. The molecule has 0 radical (unpaired) electrons. The van der Waals surface area contributed by atoms with Crippen LogP contribution >= 0.6 is 0 Å². The molecule has 1 saturated heterocycles. The minimum atomic E-state index is -0.806. The van der Waals surface area contributed by atoms with E-state index in [1.807, 2.05) is 11.8 Å². The number of amides is 2. The Morgan fingerprint density at radius 3 is 2.57 bits per heavy atom. The number of aliphatic carboxylic acids is 1. The topological polar surface area (TPSA) is 91.3 Å². The summed E-state index contributed by atoms with van der Waals surface area (Å²) in [5.41, 5.74) is 0. The van der Waals surface area contributed by atoms with Gasteiger partial charge in [-0.2, -0.15) is 0 Å². The lowest BCUT2D eigenvalue weighted by atomic mass is 9.85. The van der Waals surface area contributed by atoms with Gasteiger partial charge in [0, 0.05) is 19.2 Å². The van der Waals surface area contributed by atoms with Gasteiger partial charge in [0.1, 0.15) is 0 Å². The molecule has 132 valence electrons. The fourth-order valence-electron chi connectivity index (χ4n) is 2.95. The number of hydrogen-bond donors (Lipinski definition) is 2. The van der Waals surface area contributed by atoms with Gasteiger partial charge in [0.2, 0.25) is 0 Å². The number of rotatable bonds is 9. The van der Waals surface area contributed by atoms with E-state index in [1.54, 1.807) is 12.0 Å². The van der Waals surface area contributed by atoms with Crippen molar-refractivity contribution in [1.82, 2.24) is 15.1 Å². The Kier molecular flexibility index (Phi) is 6.61. The van der Waals surface area contributed by atoms with E-state index in [-0.39, 0.29) is 30.8 Å². The molecule has 0 unspecified atom stereocenters. The summed E-state index contributed by atoms with van der Waals surface area (Å²) in [6, 6.07) is 0.341. The van der Waals surface area contributed by atoms with Gasteiger partial charge in [0.15, 0.2) is 0 Å². The number of nitrogens with one attached hydrogen (secondary N) is 1. The van der Waals surface area contributed by atoms with Gasteiger partial charge in [-0.15, -0.1) is 0 Å². The average molecular weight is 329 g/mol. The van der Waals surface area contributed by atoms with E-state index in [2.05, 4.69) is 5.32 Å². The number of ether oxygens (including phenoxy) is 2. The molecule has 8 heteroatoms. The monoisotopic (exact) mass is 329 g/mol. The number of carbonyl (C=O) groups is 2. The van der Waals surface area contributed by atoms with Crippen molar-refractivity contribution in [3.63, 3.8) is 0 Å². The van der Waals surface area contributed by atoms with E-state index in [0.717, 1.165) is 12.8 Å². The average Bonchev–Trinajstić information content (AvgIpc) is 2.42. The van der Waals surface area contributed by atoms with E-state index < -0.39 is 5.97 Å². The van der Waals surface area contributed by atoms with Crippen molar-refractivity contribution in [1.29, 1.82) is 0 Å². The maximum Gasteiger partial charge on any atom is 0.317 e. The fourth-order valence-corrected chi connectivity index (χ4v) is 2.95. The molecule has 2 rings (SSSR count). The number of likely N-dealkylation sites (N-methyl/N-ethyl adjacent to an activating group) is 1. The lowest BCUT2D eigenvalue weighted by Crippen LogP contribution is -2.62. The Hall–Kier alpha value is -1.38. The Balaban J connectivity index is 1.59. The molecule has 1 aliphatic carbocycles. The van der Waals surface area contributed by atoms with E-state index in [0.29, 0.717) is 32.8 Å². The third kappa shape index (κ3) is 5.05. The first-order valence-corrected chi connectivity index (χ1v) is 8.15. The molecule has 1 heterocycles. The number of hydrogen-bond acceptors (Lipinski definition) is 5. The summed E-state index contributed by atoms with van der Waals surface area (Å²) in [6.45, 7) is 5.09. The van der Waals surface area contributed by atoms with Crippen LogP contribution in [0.3, 0.4) is 0 Å². The molecular weight excluding hydrogens is 302 g/mol. The zero-order valence-corrected chi connectivity index (χ0v) is 13.9. The van der Waals surface area contributed by atoms with E-state index >= 15 is 0 Å². The molecule has 0 spiro atoms. The Bertz CT molecular complexity index is 408. The highest BCUT2D eigenvalue weighted by atomic mass is 16.5. The summed E-state index contributed by atoms with van der Waals surface area (Å²) in [5, 5.41) is 11.9. The van der Waals surface area contributed by atoms with Crippen molar-refractivity contribution in [3.8, 4) is 0 Å². The number of carboxylic acids is 1. The van der Waals surface area contributed by atoms with Gasteiger partial charge in [0.25, 0.3) is 0 Å². The summed E-state index contributed by atoms with van der Waals surface area (Å²) < 4.78 is 10.4. The summed E-state index contributed by atoms with van der Waals surface area (Å²) in [5.74, 6) is -0.806. The summed E-state index contributed by atoms with van der Waals surface area (Å²) in [7, 11) is 1.63. The van der Waals surface area contributed by atoms with Crippen molar-refractivity contribution in [3.05, 3.63) is 0 Å². The zero-order chi connectivity index (χ0) is 16.8. The van der Waals surface area contributed by atoms with Gasteiger partial charge in [0.05, 0.1) is 39.0 Å². The van der Waals surface area contributed by atoms with Crippen LogP contribution in [0.15, 0.2) is 0 Å². The second-order valence-corrected chi connectivity index (χ2v) is 6.12. The van der Waals surface area contributed by atoms with Crippen molar-refractivity contribution in [2.75, 3.05) is 46.5 Å². The molecule has 2 aliphatic rings. The highest BCUT2D eigenvalue weighted by molar-refractivity contribution is 5.75. The molecule has 23 heavy (non-hydrogen) atoms. The fraction of sp³-hybridized carbons (Fsp3) is 0.867. The highest BCUT2D eigenvalue weighted by Crippen LogP contribution is 2.26. The van der Waals surface area contributed by atoms with Crippen LogP contribution in [-0.2, 0) is 14.3 Å². The van der Waals surface area contributed by atoms with E-state index in [1.165, 1.54) is 0 Å². The predicted molar refractivity (Wildman–Crippen MR) is 83.4 cm³/mol. The number of methoxy groups -OCH3 is 1. The van der Waals surface area contributed by atoms with Crippen LogP contribution in [-0.4, -0.2) is 91.6 Å². The first-order chi connectivity index (χ1) is 11.0. The van der Waals surface area contributed by atoms with Gasteiger partial charge >= 0.3 is 12.0 Å². The lowest BCUT2D eigenvalue weighted by molar-refractivity contribution is -0.139. The van der Waals surface area contributed by atoms with Crippen LogP contribution in [0, 0.1) is 0 Å². The minimum absolute atomic E-state index is 0.0543. The molecule has 2 N–H and O–H groups in total. The second kappa shape index (κ2) is 8.47. The number of nitrogens with zero attached hydrogens (tertiary/aromatic N) is 2. The van der Waals surface area contributed by atoms with Crippen molar-refractivity contribution >= 4 is 12.0 Å². The van der Waals surface area contributed by atoms with E-state index in [9.17, 15) is 9.59 Å². The van der Waals surface area contributed by atoms with Crippen LogP contribution < -0.4 is 5.32 Å². The molecule has 0 aromatic heterocycles. The summed E-state index contributed by atoms with van der Waals surface area (Å²) in [6.07, 6.45) is 1.74. The van der Waals surface area contributed by atoms with Gasteiger partial charge < -0.3 is 24.8 Å². The number of carboxylic acid groups (broad SMARTS) is 1. The molecule has 2 amide bonds. The normalized spacial score (nSPS) is 24.2. The molecule has 0 atom stereocenters. The Labute approximate surface area is 136 Å². The molecule has 0 aromatic rings. The van der Waals surface area contributed by atoms with Crippen LogP contribution in [0.1, 0.15) is 19.8 Å². The molecule has 0 aromatic carbocycles. The van der Waals surface area contributed by atoms with Gasteiger partial charge in [-0.1, -0.05) is 6.92 Å². The Morgan fingerprint density at radius 2 is 2.00 bits per heavy atom. The number of urea groups is 1. The number of likely N-dealkylation sites (tertiary alicyclic amines) is 1. The van der Waals surface area contributed by atoms with Crippen LogP contribution in [0.4, 0.5) is 4.79 Å². The molecule has 8 nitrogen and oxygen atoms in total. The lowest BCUT2D eigenvalue weighted by Gasteiger charge is -2.44. The van der Waals surface area contributed by atoms with Crippen LogP contribution in [0.25, 0.3) is 0 Å². The van der Waals surface area contributed by atoms with Crippen molar-refractivity contribution < 1.29 is 24.2 Å². The highest BCUT2D eigenvalue weighted by Gasteiger charge is 2.37. The zero-order valence-electron chi connectivity index (χ0n) is 13.9. The maximum absolute atomic E-state index is 12.1. The summed E-state index contributed by atoms with van der Waals surface area (Å²) in [4.78, 5) is 26.5. The first-order valence-electron chi connectivity index (χ1n) is 8.15. The minimum Gasteiger partial charge on any atom is -0.480 e. The summed E-state index contributed by atoms with van der Waals surface area (Å²) >= 11 is 0. The number of carbonyl (C=O) groups excluding carboxylic acids is 1. The van der Waals surface area contributed by atoms with Crippen molar-refractivity contribution in [2.45, 2.75) is 38.0 Å². The predicted octanol–water partition coefficient (Wildman–Crippen LogP) is -0.0193. The molecule has 0 bridgehead atoms. The quantitative estimate of drug-likeness (QED) is 0.578. The molecular formula is C15H27N3O5.